The van der Waals surface area contributed by atoms with Crippen LogP contribution in [-0.2, 0) is 27.1 Å². The number of phosphoric acid groups is 3. The summed E-state index contributed by atoms with van der Waals surface area (Å²) >= 11 is 0. The Bertz CT molecular complexity index is 912. The van der Waals surface area contributed by atoms with Gasteiger partial charge in [0, 0.05) is 6.20 Å². The molecule has 2 heterocycles. The Morgan fingerprint density at radius 2 is 1.61 bits per heavy atom. The number of anilines is 1. The van der Waals surface area contributed by atoms with Crippen LogP contribution in [0.3, 0.4) is 0 Å². The van der Waals surface area contributed by atoms with Crippen molar-refractivity contribution in [3.05, 3.63) is 22.7 Å². The second kappa shape index (κ2) is 16.0. The van der Waals surface area contributed by atoms with Crippen LogP contribution in [-0.4, -0.2) is 59.6 Å². The molecule has 0 radical (unpaired) electrons. The van der Waals surface area contributed by atoms with Crippen LogP contribution < -0.4 is 115 Å². The first kappa shape index (κ1) is 39.4. The first-order valence-corrected chi connectivity index (χ1v) is 11.7. The molecule has 0 amide bonds. The van der Waals surface area contributed by atoms with Crippen LogP contribution >= 0.6 is 23.5 Å². The first-order chi connectivity index (χ1) is 13.5. The SMILES string of the molecule is Nc1ccn([C@@H]2O[C@H](CO)[C@@H](O)[C@H]2O)c(=O)n1.O=P([O-])([O-])OP(=O)([O-])OP(=O)(O)O.[Na+].[Na+].[Na+]. The molecule has 1 fully saturated rings. The number of aliphatic hydroxyl groups is 3. The predicted molar refractivity (Wildman–Crippen MR) is 85.3 cm³/mol. The largest absolute Gasteiger partial charge is 1.00 e. The number of nitrogens with zero attached hydrogens (tertiary/aromatic N) is 2. The molecule has 0 saturated carbocycles. The number of hydrogen-bond donors (Lipinski definition) is 6. The van der Waals surface area contributed by atoms with Gasteiger partial charge in [-0.25, -0.2) is 13.7 Å². The molecule has 33 heavy (non-hydrogen) atoms. The van der Waals surface area contributed by atoms with Crippen LogP contribution in [0.25, 0.3) is 0 Å². The molecule has 1 aromatic heterocycles. The molecule has 0 aromatic carbocycles. The van der Waals surface area contributed by atoms with Crippen molar-refractivity contribution in [2.45, 2.75) is 24.5 Å². The van der Waals surface area contributed by atoms with Crippen molar-refractivity contribution in [2.24, 2.45) is 0 Å². The minimum atomic E-state index is -5.92. The Balaban J connectivity index is -0.000000517. The Morgan fingerprint density at radius 3 is 1.97 bits per heavy atom. The van der Waals surface area contributed by atoms with Gasteiger partial charge in [-0.2, -0.15) is 4.98 Å². The summed E-state index contributed by atoms with van der Waals surface area (Å²) in [5, 5.41) is 28.2. The van der Waals surface area contributed by atoms with E-state index in [9.17, 15) is 43.4 Å². The van der Waals surface area contributed by atoms with Crippen molar-refractivity contribution < 1.29 is 156 Å². The fourth-order valence-electron chi connectivity index (χ4n) is 2.00. The van der Waals surface area contributed by atoms with Crippen LogP contribution in [0.5, 0.6) is 0 Å². The van der Waals surface area contributed by atoms with Crippen LogP contribution in [0.2, 0.25) is 0 Å². The zero-order chi connectivity index (χ0) is 23.5. The topological polar surface area (TPSA) is 310 Å². The van der Waals surface area contributed by atoms with Gasteiger partial charge in [0.05, 0.1) is 14.4 Å². The van der Waals surface area contributed by atoms with E-state index in [0.29, 0.717) is 0 Å². The monoisotopic (exact) mass is 567 g/mol. The minimum absolute atomic E-state index is 0. The van der Waals surface area contributed by atoms with E-state index in [2.05, 4.69) is 13.6 Å². The number of nitrogens with two attached hydrogens (primary N) is 1. The molecule has 2 rings (SSSR count). The Labute approximate surface area is 251 Å². The number of aliphatic hydroxyl groups excluding tert-OH is 3. The van der Waals surface area contributed by atoms with Crippen molar-refractivity contribution in [3.63, 3.8) is 0 Å². The van der Waals surface area contributed by atoms with Gasteiger partial charge in [-0.1, -0.05) is 0 Å². The van der Waals surface area contributed by atoms with E-state index in [1.165, 1.54) is 12.3 Å². The van der Waals surface area contributed by atoms with Gasteiger partial charge in [0.25, 0.3) is 7.82 Å². The van der Waals surface area contributed by atoms with E-state index in [1.807, 2.05) is 0 Å². The molecule has 0 bridgehead atoms. The van der Waals surface area contributed by atoms with Gasteiger partial charge in [0.2, 0.25) is 0 Å². The molecule has 174 valence electrons. The predicted octanol–water partition coefficient (Wildman–Crippen LogP) is -14.1. The summed E-state index contributed by atoms with van der Waals surface area (Å²) < 4.78 is 41.5. The molecule has 1 saturated heterocycles. The van der Waals surface area contributed by atoms with Gasteiger partial charge in [0.1, 0.15) is 24.1 Å². The Morgan fingerprint density at radius 1 is 1.09 bits per heavy atom. The van der Waals surface area contributed by atoms with Gasteiger partial charge in [-0.15, -0.1) is 0 Å². The summed E-state index contributed by atoms with van der Waals surface area (Å²) in [5.41, 5.74) is 4.63. The molecule has 18 nitrogen and oxygen atoms in total. The fraction of sp³-hybridized carbons (Fsp3) is 0.556. The normalized spacial score (nSPS) is 24.1. The van der Waals surface area contributed by atoms with E-state index in [4.69, 9.17) is 25.4 Å². The third kappa shape index (κ3) is 14.4. The van der Waals surface area contributed by atoms with Crippen molar-refractivity contribution >= 4 is 29.3 Å². The second-order valence-electron chi connectivity index (χ2n) is 5.32. The van der Waals surface area contributed by atoms with Crippen LogP contribution in [0.15, 0.2) is 17.1 Å². The molecule has 1 unspecified atom stereocenters. The Kier molecular flexibility index (Phi) is 19.1. The summed E-state index contributed by atoms with van der Waals surface area (Å²) in [6.07, 6.45) is -3.27. The number of hydrogen-bond acceptors (Lipinski definition) is 15. The van der Waals surface area contributed by atoms with Crippen molar-refractivity contribution in [3.8, 4) is 0 Å². The summed E-state index contributed by atoms with van der Waals surface area (Å²) in [6.45, 7) is -0.453. The van der Waals surface area contributed by atoms with E-state index < -0.39 is 60.3 Å². The van der Waals surface area contributed by atoms with Crippen molar-refractivity contribution in [1.29, 1.82) is 0 Å². The minimum Gasteiger partial charge on any atom is -0.790 e. The molecule has 5 atom stereocenters. The third-order valence-electron chi connectivity index (χ3n) is 3.05. The summed E-state index contributed by atoms with van der Waals surface area (Å²) in [7, 11) is -17.2. The number of aromatic nitrogens is 2. The number of ether oxygens (including phenoxy) is 1. The molecule has 0 spiro atoms. The maximum Gasteiger partial charge on any atom is 1.00 e. The van der Waals surface area contributed by atoms with Gasteiger partial charge in [-0.3, -0.25) is 13.4 Å². The zero-order valence-electron chi connectivity index (χ0n) is 17.3. The maximum absolute atomic E-state index is 11.5. The molecular formula is C9H15N3Na3O15P3. The summed E-state index contributed by atoms with van der Waals surface area (Å²) in [5.74, 6) is 0.0537. The molecule has 24 heteroatoms. The van der Waals surface area contributed by atoms with Crippen molar-refractivity contribution in [2.75, 3.05) is 12.3 Å². The molecule has 1 aromatic rings. The van der Waals surface area contributed by atoms with Crippen LogP contribution in [0.1, 0.15) is 6.23 Å². The third-order valence-corrected chi connectivity index (χ3v) is 6.30. The number of nitrogen functional groups attached to an aromatic ring is 1. The molecule has 1 aliphatic heterocycles. The van der Waals surface area contributed by atoms with E-state index in [-0.39, 0.29) is 94.5 Å². The first-order valence-electron chi connectivity index (χ1n) is 7.24. The summed E-state index contributed by atoms with van der Waals surface area (Å²) in [6, 6.07) is 1.37. The molecule has 0 aliphatic carbocycles. The van der Waals surface area contributed by atoms with E-state index in [0.717, 1.165) is 4.57 Å². The van der Waals surface area contributed by atoms with Crippen LogP contribution in [0.4, 0.5) is 5.82 Å². The van der Waals surface area contributed by atoms with E-state index in [1.54, 1.807) is 0 Å². The van der Waals surface area contributed by atoms with Gasteiger partial charge in [0.15, 0.2) is 6.23 Å². The van der Waals surface area contributed by atoms with Crippen molar-refractivity contribution in [1.82, 2.24) is 9.55 Å². The van der Waals surface area contributed by atoms with Gasteiger partial charge < -0.3 is 54.8 Å². The number of rotatable bonds is 6. The molecular weight excluding hydrogens is 552 g/mol. The summed E-state index contributed by atoms with van der Waals surface area (Å²) in [4.78, 5) is 60.3. The quantitative estimate of drug-likeness (QED) is 0.137. The average molecular weight is 567 g/mol. The standard InChI is InChI=1S/C9H13N3O5.3Na.H5O10P3/c10-5-1-2-12(9(16)11-5)8-7(15)6(14)4(3-13)17-8;;;;1-11(2,3)9-13(7,8)10-12(4,5)6/h1-2,4,6-8,13-15H,3H2,(H2,10,11,16);;;;(H,7,8)(H2,1,2,3)(H2,4,5,6)/q;3*+1;/p-3/t4-,6-,7-,8-;;;;/m1..../s1. The Hall–Kier alpha value is 1.93. The maximum atomic E-state index is 11.5. The van der Waals surface area contributed by atoms with Crippen LogP contribution in [0, 0.1) is 0 Å². The van der Waals surface area contributed by atoms with Gasteiger partial charge >= 0.3 is 102 Å². The molecule has 7 N–H and O–H groups in total. The average Bonchev–Trinajstić information content (AvgIpc) is 2.79. The van der Waals surface area contributed by atoms with Gasteiger partial charge in [-0.05, 0) is 6.07 Å². The molecule has 1 aliphatic rings. The van der Waals surface area contributed by atoms with E-state index >= 15 is 0 Å². The zero-order valence-corrected chi connectivity index (χ0v) is 26.0. The fourth-order valence-corrected chi connectivity index (χ4v) is 4.41. The smallest absolute Gasteiger partial charge is 0.790 e. The second-order valence-corrected chi connectivity index (χ2v) is 9.40.